The Balaban J connectivity index is 0.000000303. The average Bonchev–Trinajstić information content (AvgIpc) is 3.31. The second kappa shape index (κ2) is 15.1. The number of hydrogen-bond acceptors (Lipinski definition) is 4. The van der Waals surface area contributed by atoms with E-state index in [4.69, 9.17) is 20.4 Å². The van der Waals surface area contributed by atoms with Gasteiger partial charge in [-0.05, 0) is 51.4 Å². The molecule has 0 heterocycles. The predicted molar refractivity (Wildman–Crippen MR) is 97.9 cm³/mol. The Bertz CT molecular complexity index is 211. The quantitative estimate of drug-likeness (QED) is 0.337. The van der Waals surface area contributed by atoms with Crippen molar-refractivity contribution < 1.29 is 20.4 Å². The number of hydrogen-bond donors (Lipinski definition) is 4. The summed E-state index contributed by atoms with van der Waals surface area (Å²) in [4.78, 5) is 0. The van der Waals surface area contributed by atoms with Gasteiger partial charge in [-0.1, -0.05) is 51.4 Å². The van der Waals surface area contributed by atoms with E-state index in [0.29, 0.717) is 0 Å². The summed E-state index contributed by atoms with van der Waals surface area (Å²) in [6.45, 7) is 0. The van der Waals surface area contributed by atoms with Crippen LogP contribution in [0.3, 0.4) is 0 Å². The second-order valence-electron chi connectivity index (χ2n) is 7.75. The topological polar surface area (TPSA) is 80.9 Å². The summed E-state index contributed by atoms with van der Waals surface area (Å²) >= 11 is 0. The molecule has 4 N–H and O–H groups in total. The van der Waals surface area contributed by atoms with E-state index >= 15 is 0 Å². The Labute approximate surface area is 148 Å². The molecule has 5 heteroatoms. The maximum atomic E-state index is 8.73. The Morgan fingerprint density at radius 1 is 0.320 bits per heavy atom. The first-order valence-electron chi connectivity index (χ1n) is 10.3. The molecule has 4 aliphatic carbocycles. The van der Waals surface area contributed by atoms with Crippen molar-refractivity contribution in [3.05, 3.63) is 0 Å². The van der Waals surface area contributed by atoms with Gasteiger partial charge in [0.15, 0.2) is 0 Å². The third-order valence-corrected chi connectivity index (χ3v) is 5.30. The first-order valence-corrected chi connectivity index (χ1v) is 10.3. The molecule has 0 aromatic rings. The normalized spacial score (nSPS) is 24.5. The van der Waals surface area contributed by atoms with E-state index in [-0.39, 0.29) is 24.4 Å². The monoisotopic (exact) mass is 611 g/mol. The summed E-state index contributed by atoms with van der Waals surface area (Å²) in [5, 5.41) is 34.9. The minimum absolute atomic E-state index is 0. The van der Waals surface area contributed by atoms with Gasteiger partial charge in [-0.3, -0.25) is 0 Å². The summed E-state index contributed by atoms with van der Waals surface area (Å²) in [5.41, 5.74) is 0. The molecular weight excluding hydrogens is 571 g/mol. The van der Waals surface area contributed by atoms with E-state index in [2.05, 4.69) is 0 Å². The van der Waals surface area contributed by atoms with E-state index in [1.165, 1.54) is 51.4 Å². The molecule has 4 rings (SSSR count). The van der Waals surface area contributed by atoms with E-state index in [0.717, 1.165) is 51.4 Å². The van der Waals surface area contributed by atoms with Gasteiger partial charge in [-0.25, -0.2) is 0 Å². The fourth-order valence-electron chi connectivity index (χ4n) is 3.62. The van der Waals surface area contributed by atoms with Crippen molar-refractivity contribution >= 4 is 0 Å². The molecular formula is C20H40O4Rf. The van der Waals surface area contributed by atoms with Crippen LogP contribution in [0.25, 0.3) is 0 Å². The summed E-state index contributed by atoms with van der Waals surface area (Å²) in [5.74, 6) is 0. The molecule has 25 heavy (non-hydrogen) atoms. The van der Waals surface area contributed by atoms with Crippen LogP contribution in [0.4, 0.5) is 0 Å². The molecule has 0 radical (unpaired) electrons. The molecule has 0 bridgehead atoms. The summed E-state index contributed by atoms with van der Waals surface area (Å²) in [6.07, 6.45) is 18.4. The Morgan fingerprint density at radius 2 is 0.440 bits per heavy atom. The van der Waals surface area contributed by atoms with Crippen molar-refractivity contribution in [3.8, 4) is 0 Å². The van der Waals surface area contributed by atoms with E-state index in [1.807, 2.05) is 0 Å². The van der Waals surface area contributed by atoms with E-state index in [9.17, 15) is 0 Å². The fourth-order valence-corrected chi connectivity index (χ4v) is 3.62. The van der Waals surface area contributed by atoms with Crippen molar-refractivity contribution in [1.29, 1.82) is 0 Å². The third-order valence-electron chi connectivity index (χ3n) is 5.30. The molecule has 0 amide bonds. The maximum Gasteiger partial charge on any atom is 0.0540 e. The average molecular weight is 612 g/mol. The number of aliphatic hydroxyl groups excluding tert-OH is 4. The van der Waals surface area contributed by atoms with Crippen LogP contribution >= 0.6 is 0 Å². The van der Waals surface area contributed by atoms with Gasteiger partial charge in [-0.15, -0.1) is 0 Å². The van der Waals surface area contributed by atoms with E-state index in [1.54, 1.807) is 0 Å². The SMILES string of the molecule is OC1CCCC1.OC1CCCC1.OC1CCCC1.OC1CCCC1.[Rf]. The van der Waals surface area contributed by atoms with Gasteiger partial charge in [0.1, 0.15) is 0 Å². The molecule has 0 saturated heterocycles. The summed E-state index contributed by atoms with van der Waals surface area (Å²) in [6, 6.07) is 0. The minimum Gasteiger partial charge on any atom is -0.393 e. The van der Waals surface area contributed by atoms with Crippen LogP contribution in [-0.2, 0) is 0 Å². The van der Waals surface area contributed by atoms with Gasteiger partial charge in [0.2, 0.25) is 0 Å². The predicted octanol–water partition coefficient (Wildman–Crippen LogP) is 3.69. The first-order chi connectivity index (χ1) is 11.6. The van der Waals surface area contributed by atoms with Gasteiger partial charge >= 0.3 is 0 Å². The van der Waals surface area contributed by atoms with Crippen molar-refractivity contribution in [2.75, 3.05) is 0 Å². The zero-order valence-electron chi connectivity index (χ0n) is 16.1. The fraction of sp³-hybridized carbons (Fsp3) is 1.00. The third kappa shape index (κ3) is 13.8. The molecule has 146 valence electrons. The Morgan fingerprint density at radius 3 is 0.480 bits per heavy atom. The van der Waals surface area contributed by atoms with Crippen LogP contribution in [-0.4, -0.2) is 44.8 Å². The second-order valence-corrected chi connectivity index (χ2v) is 7.75. The molecule has 4 nitrogen and oxygen atoms in total. The van der Waals surface area contributed by atoms with Gasteiger partial charge in [0, 0.05) is 0 Å². The molecule has 4 saturated carbocycles. The standard InChI is InChI=1S/4C5H10O.Rf/c4*6-5-3-1-2-4-5;/h4*5-6H,1-4H2;. The molecule has 0 atom stereocenters. The number of rotatable bonds is 0. The Hall–Kier alpha value is -1.16. The van der Waals surface area contributed by atoms with Crippen molar-refractivity contribution in [2.45, 2.75) is 127 Å². The van der Waals surface area contributed by atoms with Gasteiger partial charge in [-0.2, -0.15) is 0 Å². The van der Waals surface area contributed by atoms with E-state index < -0.39 is 0 Å². The number of aliphatic hydroxyl groups is 4. The largest absolute Gasteiger partial charge is 0.393 e. The zero-order valence-corrected chi connectivity index (χ0v) is 22.5. The minimum atomic E-state index is 0. The van der Waals surface area contributed by atoms with Crippen LogP contribution in [0.2, 0.25) is 0 Å². The Kier molecular flexibility index (Phi) is 14.4. The zero-order chi connectivity index (χ0) is 17.6. The van der Waals surface area contributed by atoms with Crippen LogP contribution in [0, 0.1) is 0 Å². The van der Waals surface area contributed by atoms with Crippen molar-refractivity contribution in [3.63, 3.8) is 0 Å². The maximum absolute atomic E-state index is 8.73. The smallest absolute Gasteiger partial charge is 0.0540 e. The molecule has 0 aliphatic heterocycles. The van der Waals surface area contributed by atoms with Crippen molar-refractivity contribution in [2.24, 2.45) is 0 Å². The van der Waals surface area contributed by atoms with Crippen molar-refractivity contribution in [1.82, 2.24) is 0 Å². The molecule has 4 fully saturated rings. The van der Waals surface area contributed by atoms with Crippen LogP contribution in [0.5, 0.6) is 0 Å². The van der Waals surface area contributed by atoms with Crippen LogP contribution < -0.4 is 0 Å². The van der Waals surface area contributed by atoms with Crippen LogP contribution in [0.15, 0.2) is 0 Å². The molecule has 0 aromatic heterocycles. The summed E-state index contributed by atoms with van der Waals surface area (Å²) in [7, 11) is 0. The molecule has 4 aliphatic rings. The van der Waals surface area contributed by atoms with Crippen LogP contribution in [0.1, 0.15) is 103 Å². The van der Waals surface area contributed by atoms with Gasteiger partial charge < -0.3 is 20.4 Å². The van der Waals surface area contributed by atoms with Gasteiger partial charge in [0.05, 0.1) is 24.4 Å². The molecule has 0 aromatic carbocycles. The first kappa shape index (κ1) is 23.8. The summed E-state index contributed by atoms with van der Waals surface area (Å²) < 4.78 is 0. The van der Waals surface area contributed by atoms with Gasteiger partial charge in [0.25, 0.3) is 0 Å². The molecule has 0 spiro atoms. The molecule has 0 unspecified atom stereocenters.